The molecule has 0 fully saturated rings. The van der Waals surface area contributed by atoms with Crippen molar-refractivity contribution < 1.29 is 4.74 Å². The third-order valence-corrected chi connectivity index (χ3v) is 5.47. The Bertz CT molecular complexity index is 658. The SMILES string of the molecule is CCCCCCCCCCCCOc1ncc(-c2ccc(C#N)cc2)s1. The number of aromatic nitrogens is 1. The van der Waals surface area contributed by atoms with E-state index < -0.39 is 0 Å². The smallest absolute Gasteiger partial charge is 0.273 e. The van der Waals surface area contributed by atoms with Gasteiger partial charge in [0.25, 0.3) is 5.19 Å². The monoisotopic (exact) mass is 370 g/mol. The van der Waals surface area contributed by atoms with Crippen molar-refractivity contribution >= 4 is 11.3 Å². The molecule has 0 amide bonds. The topological polar surface area (TPSA) is 45.9 Å². The molecule has 0 spiro atoms. The van der Waals surface area contributed by atoms with E-state index in [9.17, 15) is 0 Å². The lowest BCUT2D eigenvalue weighted by Crippen LogP contribution is -1.96. The van der Waals surface area contributed by atoms with E-state index in [0.29, 0.717) is 5.56 Å². The normalized spacial score (nSPS) is 10.6. The molecule has 4 heteroatoms. The van der Waals surface area contributed by atoms with Gasteiger partial charge in [0.2, 0.25) is 0 Å². The zero-order chi connectivity index (χ0) is 18.5. The largest absolute Gasteiger partial charge is 0.470 e. The molecule has 0 unspecified atom stereocenters. The van der Waals surface area contributed by atoms with Crippen molar-refractivity contribution in [1.29, 1.82) is 5.26 Å². The van der Waals surface area contributed by atoms with Gasteiger partial charge in [0, 0.05) is 6.20 Å². The summed E-state index contributed by atoms with van der Waals surface area (Å²) in [5, 5.41) is 9.59. The van der Waals surface area contributed by atoms with Gasteiger partial charge in [-0.15, -0.1) is 0 Å². The Kier molecular flexibility index (Phi) is 9.82. The first kappa shape index (κ1) is 20.5. The van der Waals surface area contributed by atoms with Crippen LogP contribution in [0.5, 0.6) is 5.19 Å². The Morgan fingerprint density at radius 2 is 1.54 bits per heavy atom. The summed E-state index contributed by atoms with van der Waals surface area (Å²) < 4.78 is 5.78. The van der Waals surface area contributed by atoms with Crippen LogP contribution < -0.4 is 4.74 Å². The fourth-order valence-electron chi connectivity index (χ4n) is 2.92. The average molecular weight is 371 g/mol. The van der Waals surface area contributed by atoms with E-state index in [2.05, 4.69) is 18.0 Å². The van der Waals surface area contributed by atoms with Crippen molar-refractivity contribution in [3.05, 3.63) is 36.0 Å². The van der Waals surface area contributed by atoms with Gasteiger partial charge in [-0.25, -0.2) is 4.98 Å². The number of benzene rings is 1. The summed E-state index contributed by atoms with van der Waals surface area (Å²) in [6.07, 6.45) is 15.2. The highest BCUT2D eigenvalue weighted by molar-refractivity contribution is 7.16. The van der Waals surface area contributed by atoms with Gasteiger partial charge in [0.1, 0.15) is 0 Å². The van der Waals surface area contributed by atoms with Crippen LogP contribution in [0.15, 0.2) is 30.5 Å². The maximum absolute atomic E-state index is 8.86. The fraction of sp³-hybridized carbons (Fsp3) is 0.545. The molecule has 0 aliphatic heterocycles. The lowest BCUT2D eigenvalue weighted by atomic mass is 10.1. The number of nitrogens with zero attached hydrogens (tertiary/aromatic N) is 2. The summed E-state index contributed by atoms with van der Waals surface area (Å²) in [7, 11) is 0. The number of nitriles is 1. The summed E-state index contributed by atoms with van der Waals surface area (Å²) in [6, 6.07) is 9.72. The highest BCUT2D eigenvalue weighted by Gasteiger charge is 2.05. The Morgan fingerprint density at radius 1 is 0.923 bits per heavy atom. The van der Waals surface area contributed by atoms with E-state index in [1.54, 1.807) is 11.3 Å². The Labute approximate surface area is 162 Å². The summed E-state index contributed by atoms with van der Waals surface area (Å²) in [6.45, 7) is 3.01. The van der Waals surface area contributed by atoms with E-state index in [1.165, 1.54) is 57.8 Å². The molecule has 0 saturated heterocycles. The first-order valence-corrected chi connectivity index (χ1v) is 10.7. The Hall–Kier alpha value is -1.86. The molecule has 0 radical (unpaired) electrons. The molecule has 0 aliphatic rings. The maximum Gasteiger partial charge on any atom is 0.273 e. The van der Waals surface area contributed by atoms with Crippen LogP contribution in [0.3, 0.4) is 0 Å². The van der Waals surface area contributed by atoms with Crippen LogP contribution >= 0.6 is 11.3 Å². The second kappa shape index (κ2) is 12.5. The standard InChI is InChI=1S/C22H30N2OS/c1-2-3-4-5-6-7-8-9-10-11-16-25-22-24-18-21(26-22)20-14-12-19(17-23)13-15-20/h12-15,18H,2-11,16H2,1H3. The summed E-state index contributed by atoms with van der Waals surface area (Å²) in [5.74, 6) is 0. The van der Waals surface area contributed by atoms with Crippen molar-refractivity contribution in [2.24, 2.45) is 0 Å². The first-order valence-electron chi connectivity index (χ1n) is 9.92. The number of hydrogen-bond donors (Lipinski definition) is 0. The number of hydrogen-bond acceptors (Lipinski definition) is 4. The third-order valence-electron chi connectivity index (χ3n) is 4.51. The lowest BCUT2D eigenvalue weighted by Gasteiger charge is -2.03. The maximum atomic E-state index is 8.86. The quantitative estimate of drug-likeness (QED) is 0.357. The van der Waals surface area contributed by atoms with Crippen molar-refractivity contribution in [2.75, 3.05) is 6.61 Å². The molecule has 2 rings (SSSR count). The van der Waals surface area contributed by atoms with Gasteiger partial charge in [-0.05, 0) is 24.1 Å². The van der Waals surface area contributed by atoms with E-state index in [0.717, 1.165) is 28.7 Å². The van der Waals surface area contributed by atoms with Gasteiger partial charge in [-0.2, -0.15) is 5.26 Å². The number of rotatable bonds is 13. The molecule has 2 aromatic rings. The molecule has 0 aliphatic carbocycles. The highest BCUT2D eigenvalue weighted by Crippen LogP contribution is 2.30. The number of ether oxygens (including phenoxy) is 1. The molecule has 0 bridgehead atoms. The van der Waals surface area contributed by atoms with Crippen LogP contribution in [-0.2, 0) is 0 Å². The summed E-state index contributed by atoms with van der Waals surface area (Å²) in [5.41, 5.74) is 1.76. The minimum absolute atomic E-state index is 0.677. The second-order valence-corrected chi connectivity index (χ2v) is 7.70. The van der Waals surface area contributed by atoms with Gasteiger partial charge in [-0.3, -0.25) is 0 Å². The second-order valence-electron chi connectivity index (χ2n) is 6.71. The minimum Gasteiger partial charge on any atom is -0.470 e. The predicted octanol–water partition coefficient (Wildman–Crippen LogP) is 6.98. The van der Waals surface area contributed by atoms with Crippen LogP contribution in [0.25, 0.3) is 10.4 Å². The highest BCUT2D eigenvalue weighted by atomic mass is 32.1. The van der Waals surface area contributed by atoms with Crippen LogP contribution in [-0.4, -0.2) is 11.6 Å². The zero-order valence-corrected chi connectivity index (χ0v) is 16.7. The third kappa shape index (κ3) is 7.58. The number of unbranched alkanes of at least 4 members (excludes halogenated alkanes) is 9. The van der Waals surface area contributed by atoms with Crippen LogP contribution in [0.4, 0.5) is 0 Å². The fourth-order valence-corrected chi connectivity index (χ4v) is 3.71. The van der Waals surface area contributed by atoms with E-state index in [-0.39, 0.29) is 0 Å². The van der Waals surface area contributed by atoms with Gasteiger partial charge in [0.05, 0.1) is 23.1 Å². The van der Waals surface area contributed by atoms with Crippen LogP contribution in [0.1, 0.15) is 76.7 Å². The molecule has 26 heavy (non-hydrogen) atoms. The van der Waals surface area contributed by atoms with Gasteiger partial charge in [0.15, 0.2) is 0 Å². The van der Waals surface area contributed by atoms with E-state index in [1.807, 2.05) is 30.5 Å². The van der Waals surface area contributed by atoms with E-state index in [4.69, 9.17) is 10.00 Å². The molecule has 0 saturated carbocycles. The predicted molar refractivity (Wildman–Crippen MR) is 110 cm³/mol. The molecule has 140 valence electrons. The zero-order valence-electron chi connectivity index (χ0n) is 15.9. The molecule has 1 aromatic carbocycles. The lowest BCUT2D eigenvalue weighted by molar-refractivity contribution is 0.302. The van der Waals surface area contributed by atoms with Crippen molar-refractivity contribution in [2.45, 2.75) is 71.1 Å². The molecule has 0 N–H and O–H groups in total. The van der Waals surface area contributed by atoms with Gasteiger partial charge >= 0.3 is 0 Å². The molecule has 1 aromatic heterocycles. The molecule has 0 atom stereocenters. The van der Waals surface area contributed by atoms with E-state index >= 15 is 0 Å². The molecular formula is C22H30N2OS. The summed E-state index contributed by atoms with van der Waals surface area (Å²) in [4.78, 5) is 5.43. The summed E-state index contributed by atoms with van der Waals surface area (Å²) >= 11 is 1.56. The molecular weight excluding hydrogens is 340 g/mol. The minimum atomic E-state index is 0.677. The van der Waals surface area contributed by atoms with Gasteiger partial charge < -0.3 is 4.74 Å². The average Bonchev–Trinajstić information content (AvgIpc) is 3.15. The van der Waals surface area contributed by atoms with Gasteiger partial charge in [-0.1, -0.05) is 88.2 Å². The van der Waals surface area contributed by atoms with Crippen molar-refractivity contribution in [3.8, 4) is 21.7 Å². The van der Waals surface area contributed by atoms with Crippen molar-refractivity contribution in [1.82, 2.24) is 4.98 Å². The number of thiazole rings is 1. The Morgan fingerprint density at radius 3 is 2.15 bits per heavy atom. The Balaban J connectivity index is 1.55. The van der Waals surface area contributed by atoms with Crippen molar-refractivity contribution in [3.63, 3.8) is 0 Å². The molecule has 1 heterocycles. The molecule has 3 nitrogen and oxygen atoms in total. The van der Waals surface area contributed by atoms with Crippen LogP contribution in [0, 0.1) is 11.3 Å². The first-order chi connectivity index (χ1) is 12.8. The van der Waals surface area contributed by atoms with Crippen LogP contribution in [0.2, 0.25) is 0 Å².